The van der Waals surface area contributed by atoms with E-state index in [2.05, 4.69) is 27.6 Å². The molecule has 1 amide bonds. The fourth-order valence-corrected chi connectivity index (χ4v) is 3.23. The summed E-state index contributed by atoms with van der Waals surface area (Å²) in [6, 6.07) is 4.12. The van der Waals surface area contributed by atoms with Crippen LogP contribution in [0.4, 0.5) is 5.69 Å². The molecular weight excluding hydrogens is 310 g/mol. The van der Waals surface area contributed by atoms with Crippen LogP contribution in [0.5, 0.6) is 0 Å². The maximum atomic E-state index is 12.5. The molecule has 3 N–H and O–H groups in total. The molecule has 6 nitrogen and oxygen atoms in total. The molecule has 0 spiro atoms. The highest BCUT2D eigenvalue weighted by atomic mass is 32.2. The first-order chi connectivity index (χ1) is 10.8. The van der Waals surface area contributed by atoms with E-state index in [4.69, 9.17) is 5.84 Å². The monoisotopic (exact) mass is 333 g/mol. The molecule has 1 atom stereocenters. The molecule has 0 bridgehead atoms. The molecule has 0 unspecified atom stereocenters. The van der Waals surface area contributed by atoms with Crippen molar-refractivity contribution >= 4 is 23.4 Å². The second-order valence-electron chi connectivity index (χ2n) is 5.65. The number of carbonyl (C=O) groups excluding carboxylic acids is 1. The lowest BCUT2D eigenvalue weighted by Gasteiger charge is -2.15. The molecule has 2 rings (SSSR count). The lowest BCUT2D eigenvalue weighted by molar-refractivity contribution is -0.115. The first-order valence-electron chi connectivity index (χ1n) is 7.58. The van der Waals surface area contributed by atoms with Gasteiger partial charge in [0.1, 0.15) is 0 Å². The number of hydrogen-bond donors (Lipinski definition) is 2. The zero-order valence-electron chi connectivity index (χ0n) is 14.2. The highest BCUT2D eigenvalue weighted by Crippen LogP contribution is 2.25. The lowest BCUT2D eigenvalue weighted by atomic mass is 10.1. The molecule has 0 aliphatic heterocycles. The molecule has 124 valence electrons. The first-order valence-corrected chi connectivity index (χ1v) is 8.46. The second kappa shape index (κ2) is 7.04. The van der Waals surface area contributed by atoms with Crippen molar-refractivity contribution in [3.63, 3.8) is 0 Å². The van der Waals surface area contributed by atoms with Gasteiger partial charge < -0.3 is 11.2 Å². The smallest absolute Gasteiger partial charge is 0.237 e. The van der Waals surface area contributed by atoms with E-state index in [0.29, 0.717) is 17.4 Å². The third-order valence-electron chi connectivity index (χ3n) is 3.63. The minimum absolute atomic E-state index is 0.0777. The summed E-state index contributed by atoms with van der Waals surface area (Å²) in [6.45, 7) is 9.83. The number of nitrogens with zero attached hydrogens (tertiary/aromatic N) is 3. The van der Waals surface area contributed by atoms with Crippen molar-refractivity contribution in [1.29, 1.82) is 0 Å². The maximum absolute atomic E-state index is 12.5. The van der Waals surface area contributed by atoms with Crippen LogP contribution < -0.4 is 11.2 Å². The minimum atomic E-state index is -0.327. The number of nitrogen functional groups attached to an aromatic ring is 1. The van der Waals surface area contributed by atoms with Gasteiger partial charge in [0.2, 0.25) is 11.1 Å². The number of benzene rings is 1. The van der Waals surface area contributed by atoms with E-state index in [-0.39, 0.29) is 11.2 Å². The zero-order valence-corrected chi connectivity index (χ0v) is 15.0. The Balaban J connectivity index is 2.10. The Labute approximate surface area is 140 Å². The quantitative estimate of drug-likeness (QED) is 0.649. The number of carbonyl (C=O) groups is 1. The number of thioether (sulfide) groups is 1. The molecule has 0 fully saturated rings. The van der Waals surface area contributed by atoms with Crippen LogP contribution in [0.2, 0.25) is 0 Å². The lowest BCUT2D eigenvalue weighted by Crippen LogP contribution is -2.24. The molecule has 0 radical (unpaired) electrons. The summed E-state index contributed by atoms with van der Waals surface area (Å²) < 4.78 is 1.44. The van der Waals surface area contributed by atoms with Gasteiger partial charge in [0.25, 0.3) is 0 Å². The Hall–Kier alpha value is -2.02. The molecular formula is C16H23N5OS. The number of anilines is 1. The van der Waals surface area contributed by atoms with Gasteiger partial charge in [0.15, 0.2) is 5.82 Å². The number of nitrogens with two attached hydrogens (primary N) is 1. The summed E-state index contributed by atoms with van der Waals surface area (Å²) in [4.78, 5) is 12.5. The molecule has 1 aromatic carbocycles. The van der Waals surface area contributed by atoms with Gasteiger partial charge in [-0.05, 0) is 38.8 Å². The van der Waals surface area contributed by atoms with Crippen LogP contribution in [0, 0.1) is 20.8 Å². The Bertz CT molecular complexity index is 702. The summed E-state index contributed by atoms with van der Waals surface area (Å²) in [7, 11) is 0. The van der Waals surface area contributed by atoms with Gasteiger partial charge >= 0.3 is 0 Å². The maximum Gasteiger partial charge on any atom is 0.237 e. The highest BCUT2D eigenvalue weighted by Gasteiger charge is 2.20. The number of aryl methyl sites for hydroxylation is 4. The predicted octanol–water partition coefficient (Wildman–Crippen LogP) is 2.60. The van der Waals surface area contributed by atoms with Crippen molar-refractivity contribution in [1.82, 2.24) is 14.9 Å². The molecule has 23 heavy (non-hydrogen) atoms. The SMILES string of the molecule is CCc1nnc(S[C@@H](C)C(=O)Nc2c(C)cc(C)cc2C)n1N. The van der Waals surface area contributed by atoms with Gasteiger partial charge in [0, 0.05) is 12.1 Å². The van der Waals surface area contributed by atoms with E-state index < -0.39 is 0 Å². The van der Waals surface area contributed by atoms with Crippen molar-refractivity contribution in [3.8, 4) is 0 Å². The van der Waals surface area contributed by atoms with Crippen LogP contribution in [0.25, 0.3) is 0 Å². The Morgan fingerprint density at radius 1 is 1.30 bits per heavy atom. The van der Waals surface area contributed by atoms with Crippen molar-refractivity contribution in [2.24, 2.45) is 0 Å². The van der Waals surface area contributed by atoms with Crippen molar-refractivity contribution in [3.05, 3.63) is 34.6 Å². The van der Waals surface area contributed by atoms with Crippen LogP contribution in [-0.4, -0.2) is 26.0 Å². The molecule has 0 saturated heterocycles. The molecule has 7 heteroatoms. The van der Waals surface area contributed by atoms with E-state index in [0.717, 1.165) is 16.8 Å². The second-order valence-corrected chi connectivity index (χ2v) is 6.95. The van der Waals surface area contributed by atoms with Gasteiger partial charge in [-0.1, -0.05) is 36.4 Å². The largest absolute Gasteiger partial charge is 0.336 e. The summed E-state index contributed by atoms with van der Waals surface area (Å²) in [5.74, 6) is 6.54. The zero-order chi connectivity index (χ0) is 17.1. The molecule has 0 aliphatic rings. The first kappa shape index (κ1) is 17.3. The van der Waals surface area contributed by atoms with Gasteiger partial charge in [-0.3, -0.25) is 4.79 Å². The van der Waals surface area contributed by atoms with E-state index in [1.807, 2.05) is 34.6 Å². The van der Waals surface area contributed by atoms with Crippen LogP contribution in [-0.2, 0) is 11.2 Å². The van der Waals surface area contributed by atoms with Gasteiger partial charge in [-0.25, -0.2) is 4.68 Å². The van der Waals surface area contributed by atoms with Gasteiger partial charge in [-0.2, -0.15) is 0 Å². The third kappa shape index (κ3) is 3.85. The average Bonchev–Trinajstić information content (AvgIpc) is 2.83. The van der Waals surface area contributed by atoms with E-state index in [9.17, 15) is 4.79 Å². The highest BCUT2D eigenvalue weighted by molar-refractivity contribution is 8.00. The van der Waals surface area contributed by atoms with Crippen LogP contribution >= 0.6 is 11.8 Å². The molecule has 0 aliphatic carbocycles. The van der Waals surface area contributed by atoms with Crippen LogP contribution in [0.3, 0.4) is 0 Å². The standard InChI is InChI=1S/C16H23N5OS/c1-6-13-19-20-16(21(13)17)23-12(5)15(22)18-14-10(3)7-9(2)8-11(14)4/h7-8,12H,6,17H2,1-5H3,(H,18,22)/t12-/m0/s1. The number of aromatic nitrogens is 3. The van der Waals surface area contributed by atoms with E-state index in [1.54, 1.807) is 0 Å². The predicted molar refractivity (Wildman–Crippen MR) is 94.2 cm³/mol. The molecule has 0 saturated carbocycles. The Morgan fingerprint density at radius 3 is 2.43 bits per heavy atom. The number of rotatable bonds is 5. The minimum Gasteiger partial charge on any atom is -0.336 e. The summed E-state index contributed by atoms with van der Waals surface area (Å²) in [6.07, 6.45) is 0.701. The van der Waals surface area contributed by atoms with Crippen molar-refractivity contribution in [2.75, 3.05) is 11.2 Å². The fraction of sp³-hybridized carbons (Fsp3) is 0.438. The number of amides is 1. The van der Waals surface area contributed by atoms with Crippen molar-refractivity contribution in [2.45, 2.75) is 51.4 Å². The molecule has 1 heterocycles. The summed E-state index contributed by atoms with van der Waals surface area (Å²) in [5.41, 5.74) is 4.17. The molecule has 1 aromatic heterocycles. The summed E-state index contributed by atoms with van der Waals surface area (Å²) in [5, 5.41) is 11.3. The fourth-order valence-electron chi connectivity index (χ4n) is 2.44. The Morgan fingerprint density at radius 2 is 1.91 bits per heavy atom. The third-order valence-corrected chi connectivity index (χ3v) is 4.68. The molecule has 2 aromatic rings. The summed E-state index contributed by atoms with van der Waals surface area (Å²) >= 11 is 1.30. The van der Waals surface area contributed by atoms with E-state index in [1.165, 1.54) is 22.0 Å². The Kier molecular flexibility index (Phi) is 5.30. The van der Waals surface area contributed by atoms with Crippen LogP contribution in [0.1, 0.15) is 36.4 Å². The number of hydrogen-bond acceptors (Lipinski definition) is 5. The van der Waals surface area contributed by atoms with Crippen molar-refractivity contribution < 1.29 is 4.79 Å². The topological polar surface area (TPSA) is 85.8 Å². The van der Waals surface area contributed by atoms with Gasteiger partial charge in [0.05, 0.1) is 5.25 Å². The van der Waals surface area contributed by atoms with Crippen LogP contribution in [0.15, 0.2) is 17.3 Å². The normalized spacial score (nSPS) is 12.2. The van der Waals surface area contributed by atoms with Gasteiger partial charge in [-0.15, -0.1) is 10.2 Å². The average molecular weight is 333 g/mol. The van der Waals surface area contributed by atoms with E-state index >= 15 is 0 Å². The number of nitrogens with one attached hydrogen (secondary N) is 1.